The fourth-order valence-electron chi connectivity index (χ4n) is 2.49. The number of pyridine rings is 1. The van der Waals surface area contributed by atoms with E-state index < -0.39 is 6.09 Å². The first-order valence-electron chi connectivity index (χ1n) is 7.38. The minimum atomic E-state index is -1.10. The molecule has 1 aliphatic rings. The summed E-state index contributed by atoms with van der Waals surface area (Å²) in [6.07, 6.45) is -1.10. The summed E-state index contributed by atoms with van der Waals surface area (Å²) in [4.78, 5) is 21.0. The van der Waals surface area contributed by atoms with Gasteiger partial charge in [0.25, 0.3) is 0 Å². The van der Waals surface area contributed by atoms with Crippen LogP contribution in [-0.2, 0) is 0 Å². The number of rotatable bonds is 3. The van der Waals surface area contributed by atoms with Gasteiger partial charge >= 0.3 is 6.09 Å². The number of benzene rings is 1. The van der Waals surface area contributed by atoms with Gasteiger partial charge in [0.15, 0.2) is 5.82 Å². The zero-order chi connectivity index (χ0) is 17.3. The lowest BCUT2D eigenvalue weighted by Crippen LogP contribution is -2.30. The minimum Gasteiger partial charge on any atom is -0.465 e. The number of aromatic nitrogens is 1. The topological polar surface area (TPSA) is 104 Å². The molecule has 0 fully saturated rings. The van der Waals surface area contributed by atoms with Crippen LogP contribution in [0.4, 0.5) is 32.2 Å². The molecule has 0 saturated carbocycles. The first-order valence-corrected chi connectivity index (χ1v) is 7.38. The fraction of sp³-hybridized carbons (Fsp3) is 0.188. The van der Waals surface area contributed by atoms with Crippen molar-refractivity contribution in [2.45, 2.75) is 6.92 Å². The lowest BCUT2D eigenvalue weighted by atomic mass is 10.1. The van der Waals surface area contributed by atoms with Crippen molar-refractivity contribution in [2.24, 2.45) is 4.99 Å². The van der Waals surface area contributed by atoms with Crippen LogP contribution in [0.3, 0.4) is 0 Å². The molecule has 0 spiro atoms. The molecular formula is C16H16FN5O2. The second kappa shape index (κ2) is 6.15. The maximum absolute atomic E-state index is 13.0. The Morgan fingerprint density at radius 1 is 1.42 bits per heavy atom. The van der Waals surface area contributed by atoms with Gasteiger partial charge in [-0.3, -0.25) is 4.90 Å². The molecule has 0 atom stereocenters. The molecule has 1 amide bonds. The molecule has 2 aromatic rings. The van der Waals surface area contributed by atoms with E-state index in [1.54, 1.807) is 25.1 Å². The number of nitrogens with two attached hydrogens (primary N) is 1. The van der Waals surface area contributed by atoms with Gasteiger partial charge in [-0.25, -0.2) is 19.2 Å². The van der Waals surface area contributed by atoms with E-state index in [4.69, 9.17) is 5.73 Å². The molecule has 0 bridgehead atoms. The maximum atomic E-state index is 13.0. The van der Waals surface area contributed by atoms with Gasteiger partial charge in [0.05, 0.1) is 17.9 Å². The zero-order valence-electron chi connectivity index (χ0n) is 13.0. The molecule has 2 heterocycles. The molecule has 1 aromatic carbocycles. The van der Waals surface area contributed by atoms with Crippen LogP contribution in [0.5, 0.6) is 0 Å². The molecule has 3 rings (SSSR count). The van der Waals surface area contributed by atoms with Crippen molar-refractivity contribution in [3.05, 3.63) is 41.7 Å². The van der Waals surface area contributed by atoms with Crippen LogP contribution in [0.2, 0.25) is 0 Å². The summed E-state index contributed by atoms with van der Waals surface area (Å²) in [5, 5.41) is 12.4. The number of nitrogens with one attached hydrogen (secondary N) is 1. The third-order valence-electron chi connectivity index (χ3n) is 3.70. The number of carbonyl (C=O) groups is 1. The first-order chi connectivity index (χ1) is 11.5. The monoisotopic (exact) mass is 329 g/mol. The molecule has 0 radical (unpaired) electrons. The quantitative estimate of drug-likeness (QED) is 0.803. The summed E-state index contributed by atoms with van der Waals surface area (Å²) in [6.45, 7) is 2.38. The standard InChI is InChI=1S/C16H16FN5O2/c1-2-22(16(23)24)13-7-11-14(15(18)21-13)20-12(8-19-11)9-3-5-10(17)6-4-9/h3-7,19H,2,8H2,1H3,(H2,18,21)(H,23,24). The lowest BCUT2D eigenvalue weighted by Gasteiger charge is -2.22. The highest BCUT2D eigenvalue weighted by Gasteiger charge is 2.21. The third kappa shape index (κ3) is 2.85. The summed E-state index contributed by atoms with van der Waals surface area (Å²) in [5.74, 6) is 0.0610. The van der Waals surface area contributed by atoms with Gasteiger partial charge in [0, 0.05) is 12.6 Å². The number of hydrogen-bond acceptors (Lipinski definition) is 5. The second-order valence-corrected chi connectivity index (χ2v) is 5.21. The minimum absolute atomic E-state index is 0.133. The van der Waals surface area contributed by atoms with Crippen LogP contribution in [0.25, 0.3) is 0 Å². The number of hydrogen-bond donors (Lipinski definition) is 3. The van der Waals surface area contributed by atoms with Crippen molar-refractivity contribution in [3.8, 4) is 0 Å². The van der Waals surface area contributed by atoms with Gasteiger partial charge in [-0.15, -0.1) is 0 Å². The number of aliphatic imine (C=N–C) groups is 1. The number of nitrogens with zero attached hydrogens (tertiary/aromatic N) is 3. The van der Waals surface area contributed by atoms with E-state index in [1.165, 1.54) is 12.1 Å². The number of carboxylic acid groups (broad SMARTS) is 1. The normalized spacial score (nSPS) is 12.8. The van der Waals surface area contributed by atoms with E-state index >= 15 is 0 Å². The van der Waals surface area contributed by atoms with Gasteiger partial charge in [-0.2, -0.15) is 0 Å². The van der Waals surface area contributed by atoms with Gasteiger partial charge in [0.1, 0.15) is 17.3 Å². The molecule has 4 N–H and O–H groups in total. The Morgan fingerprint density at radius 3 is 2.75 bits per heavy atom. The summed E-state index contributed by atoms with van der Waals surface area (Å²) < 4.78 is 13.0. The molecular weight excluding hydrogens is 313 g/mol. The maximum Gasteiger partial charge on any atom is 0.413 e. The van der Waals surface area contributed by atoms with E-state index in [-0.39, 0.29) is 24.0 Å². The molecule has 0 saturated heterocycles. The molecule has 0 aliphatic carbocycles. The Labute approximate surface area is 137 Å². The number of anilines is 3. The van der Waals surface area contributed by atoms with Gasteiger partial charge < -0.3 is 16.2 Å². The van der Waals surface area contributed by atoms with Gasteiger partial charge in [-0.1, -0.05) is 12.1 Å². The lowest BCUT2D eigenvalue weighted by molar-refractivity contribution is 0.202. The van der Waals surface area contributed by atoms with Gasteiger partial charge in [-0.05, 0) is 24.6 Å². The number of halogens is 1. The van der Waals surface area contributed by atoms with Crippen LogP contribution in [0, 0.1) is 5.82 Å². The van der Waals surface area contributed by atoms with Crippen LogP contribution in [0.15, 0.2) is 35.3 Å². The van der Waals surface area contributed by atoms with Gasteiger partial charge in [0.2, 0.25) is 0 Å². The molecule has 1 aliphatic heterocycles. The summed E-state index contributed by atoms with van der Waals surface area (Å²) in [5.41, 5.74) is 8.50. The zero-order valence-corrected chi connectivity index (χ0v) is 13.0. The average Bonchev–Trinajstić information content (AvgIpc) is 2.56. The van der Waals surface area contributed by atoms with E-state index in [2.05, 4.69) is 15.3 Å². The molecule has 1 aromatic heterocycles. The van der Waals surface area contributed by atoms with Crippen LogP contribution in [-0.4, -0.2) is 35.0 Å². The molecule has 8 heteroatoms. The smallest absolute Gasteiger partial charge is 0.413 e. The number of fused-ring (bicyclic) bond motifs is 1. The number of nitrogen functional groups attached to an aromatic ring is 1. The largest absolute Gasteiger partial charge is 0.465 e. The summed E-state index contributed by atoms with van der Waals surface area (Å²) >= 11 is 0. The van der Waals surface area contributed by atoms with E-state index in [0.29, 0.717) is 23.6 Å². The van der Waals surface area contributed by atoms with Crippen molar-refractivity contribution < 1.29 is 14.3 Å². The Kier molecular flexibility index (Phi) is 4.03. The highest BCUT2D eigenvalue weighted by Crippen LogP contribution is 2.36. The van der Waals surface area contributed by atoms with Crippen molar-refractivity contribution in [3.63, 3.8) is 0 Å². The van der Waals surface area contributed by atoms with E-state index in [0.717, 1.165) is 10.5 Å². The average molecular weight is 329 g/mol. The number of amides is 1. The Morgan fingerprint density at radius 2 is 2.12 bits per heavy atom. The Bertz CT molecular complexity index is 820. The van der Waals surface area contributed by atoms with Crippen molar-refractivity contribution in [1.82, 2.24) is 4.98 Å². The Hall–Kier alpha value is -3.16. The predicted molar refractivity (Wildman–Crippen MR) is 90.8 cm³/mol. The highest BCUT2D eigenvalue weighted by molar-refractivity contribution is 6.08. The summed E-state index contributed by atoms with van der Waals surface area (Å²) in [7, 11) is 0. The second-order valence-electron chi connectivity index (χ2n) is 5.21. The molecule has 0 unspecified atom stereocenters. The van der Waals surface area contributed by atoms with Crippen LogP contribution in [0.1, 0.15) is 12.5 Å². The highest BCUT2D eigenvalue weighted by atomic mass is 19.1. The van der Waals surface area contributed by atoms with Crippen LogP contribution < -0.4 is 16.0 Å². The molecule has 124 valence electrons. The molecule has 7 nitrogen and oxygen atoms in total. The first kappa shape index (κ1) is 15.7. The van der Waals surface area contributed by atoms with Crippen molar-refractivity contribution in [2.75, 3.05) is 29.0 Å². The SMILES string of the molecule is CCN(C(=O)O)c1cc2c(c(N)n1)N=C(c1ccc(F)cc1)CN2. The van der Waals surface area contributed by atoms with Crippen LogP contribution >= 0.6 is 0 Å². The fourth-order valence-corrected chi connectivity index (χ4v) is 2.49. The third-order valence-corrected chi connectivity index (χ3v) is 3.70. The van der Waals surface area contributed by atoms with E-state index in [9.17, 15) is 14.3 Å². The van der Waals surface area contributed by atoms with E-state index in [1.807, 2.05) is 0 Å². The molecule has 24 heavy (non-hydrogen) atoms. The summed E-state index contributed by atoms with van der Waals surface area (Å²) in [6, 6.07) is 7.62. The Balaban J connectivity index is 2.00. The predicted octanol–water partition coefficient (Wildman–Crippen LogP) is 2.85. The van der Waals surface area contributed by atoms with Crippen molar-refractivity contribution >= 4 is 34.8 Å². The van der Waals surface area contributed by atoms with Crippen molar-refractivity contribution in [1.29, 1.82) is 0 Å².